The monoisotopic (exact) mass is 617 g/mol. The topological polar surface area (TPSA) is 127 Å². The zero-order valence-corrected chi connectivity index (χ0v) is 25.7. The molecule has 1 aliphatic heterocycles. The average molecular weight is 618 g/mol. The highest BCUT2D eigenvalue weighted by molar-refractivity contribution is 5.96. The number of nitrogens with zero attached hydrogens (tertiary/aromatic N) is 7. The largest absolute Gasteiger partial charge is 0.338 e. The van der Waals surface area contributed by atoms with Gasteiger partial charge in [0, 0.05) is 61.6 Å². The maximum Gasteiger partial charge on any atom is 0.282 e. The van der Waals surface area contributed by atoms with Crippen LogP contribution in [0.3, 0.4) is 0 Å². The number of aryl methyl sites for hydroxylation is 1. The first kappa shape index (κ1) is 31.6. The number of nitrogens with one attached hydrogen (secondary N) is 1. The van der Waals surface area contributed by atoms with Crippen LogP contribution in [0.2, 0.25) is 0 Å². The summed E-state index contributed by atoms with van der Waals surface area (Å²) >= 11 is 0. The van der Waals surface area contributed by atoms with Gasteiger partial charge in [-0.15, -0.1) is 6.42 Å². The third-order valence-corrected chi connectivity index (χ3v) is 8.17. The summed E-state index contributed by atoms with van der Waals surface area (Å²) in [5.41, 5.74) is 8.86. The molecule has 2 amide bonds. The van der Waals surface area contributed by atoms with Gasteiger partial charge in [-0.25, -0.2) is 18.7 Å². The third-order valence-electron chi connectivity index (χ3n) is 8.17. The highest BCUT2D eigenvalue weighted by Gasteiger charge is 2.29. The molecule has 4 aromatic rings. The maximum absolute atomic E-state index is 13.9. The van der Waals surface area contributed by atoms with E-state index >= 15 is 0 Å². The molecule has 0 aliphatic carbocycles. The molecule has 236 valence electrons. The Bertz CT molecular complexity index is 1750. The summed E-state index contributed by atoms with van der Waals surface area (Å²) in [5.74, 6) is 2.78. The van der Waals surface area contributed by atoms with Crippen LogP contribution in [0, 0.1) is 18.3 Å². The number of amides is 2. The first-order chi connectivity index (χ1) is 21.5. The molecule has 3 aromatic heterocycles. The molecular weight excluding hydrogens is 580 g/mol. The minimum Gasteiger partial charge on any atom is -0.338 e. The molecule has 2 atom stereocenters. The normalized spacial score (nSPS) is 15.0. The molecule has 1 aromatic carbocycles. The van der Waals surface area contributed by atoms with Crippen molar-refractivity contribution in [3.05, 3.63) is 59.8 Å². The van der Waals surface area contributed by atoms with Gasteiger partial charge in [0.1, 0.15) is 11.7 Å². The number of rotatable bonds is 9. The number of hydrogen-bond acceptors (Lipinski definition) is 7. The minimum absolute atomic E-state index is 0.0423. The van der Waals surface area contributed by atoms with Gasteiger partial charge in [0.2, 0.25) is 5.91 Å². The molecule has 45 heavy (non-hydrogen) atoms. The molecule has 1 fully saturated rings. The zero-order valence-electron chi connectivity index (χ0n) is 25.7. The molecule has 0 spiro atoms. The zero-order chi connectivity index (χ0) is 32.4. The van der Waals surface area contributed by atoms with E-state index in [4.69, 9.17) is 12.2 Å². The summed E-state index contributed by atoms with van der Waals surface area (Å²) in [6.45, 7) is 9.25. The molecule has 4 heterocycles. The molecule has 5 rings (SSSR count). The summed E-state index contributed by atoms with van der Waals surface area (Å²) in [5, 5.41) is 7.30. The van der Waals surface area contributed by atoms with E-state index < -0.39 is 18.5 Å². The molecule has 0 bridgehead atoms. The average Bonchev–Trinajstić information content (AvgIpc) is 3.69. The quantitative estimate of drug-likeness (QED) is 0.268. The molecule has 3 N–H and O–H groups in total. The number of hydrogen-bond donors (Lipinski definition) is 2. The fourth-order valence-corrected chi connectivity index (χ4v) is 5.35. The highest BCUT2D eigenvalue weighted by Crippen LogP contribution is 2.33. The molecule has 1 aliphatic rings. The Kier molecular flexibility index (Phi) is 9.15. The SMILES string of the molecule is C#CC(C)n1cc(-c2cnc3c(Nc4ccc(C(=O)N5CCN(C(=O)[C@H](N)C(C)C)CC5)c(CC)c4)nccn23)c(C(F)F)n1. The van der Waals surface area contributed by atoms with Crippen molar-refractivity contribution in [2.45, 2.75) is 52.6 Å². The lowest BCUT2D eigenvalue weighted by Crippen LogP contribution is -2.55. The van der Waals surface area contributed by atoms with E-state index in [9.17, 15) is 18.4 Å². The van der Waals surface area contributed by atoms with Gasteiger partial charge in [0.25, 0.3) is 12.3 Å². The maximum atomic E-state index is 13.9. The summed E-state index contributed by atoms with van der Waals surface area (Å²) in [6, 6.07) is 4.42. The van der Waals surface area contributed by atoms with Crippen LogP contribution >= 0.6 is 0 Å². The van der Waals surface area contributed by atoms with Crippen molar-refractivity contribution in [1.29, 1.82) is 0 Å². The van der Waals surface area contributed by atoms with Crippen molar-refractivity contribution < 1.29 is 18.4 Å². The van der Waals surface area contributed by atoms with Crippen LogP contribution in [-0.2, 0) is 11.2 Å². The van der Waals surface area contributed by atoms with E-state index in [0.29, 0.717) is 61.0 Å². The minimum atomic E-state index is -2.81. The van der Waals surface area contributed by atoms with Crippen LogP contribution < -0.4 is 11.1 Å². The van der Waals surface area contributed by atoms with Gasteiger partial charge in [0.15, 0.2) is 11.5 Å². The van der Waals surface area contributed by atoms with Crippen molar-refractivity contribution in [3.8, 4) is 23.6 Å². The third kappa shape index (κ3) is 6.23. The number of terminal acetylenes is 1. The van der Waals surface area contributed by atoms with Gasteiger partial charge in [0.05, 0.1) is 17.9 Å². The number of imidazole rings is 1. The fourth-order valence-electron chi connectivity index (χ4n) is 5.35. The molecule has 0 radical (unpaired) electrons. The summed E-state index contributed by atoms with van der Waals surface area (Å²) in [6.07, 6.45) is 9.49. The van der Waals surface area contributed by atoms with Crippen molar-refractivity contribution >= 4 is 29.0 Å². The lowest BCUT2D eigenvalue weighted by atomic mass is 10.0. The summed E-state index contributed by atoms with van der Waals surface area (Å²) < 4.78 is 30.9. The van der Waals surface area contributed by atoms with Gasteiger partial charge < -0.3 is 20.9 Å². The van der Waals surface area contributed by atoms with Crippen LogP contribution in [0.4, 0.5) is 20.3 Å². The number of carbonyl (C=O) groups excluding carboxylic acids is 2. The Morgan fingerprint density at radius 1 is 1.11 bits per heavy atom. The standard InChI is InChI=1S/C32H37F2N9O2/c1-6-20(5)43-18-24(27(39-43)28(33)34)25-17-37-30-29(36-10-11-42(25)30)38-22-8-9-23(21(7-2)16-22)31(44)40-12-14-41(15-13-40)32(45)26(35)19(3)4/h1,8-11,16-20,26,28H,7,12-15,35H2,2-5H3,(H,36,38)/t20?,26-/m1/s1. The van der Waals surface area contributed by atoms with Gasteiger partial charge in [-0.05, 0) is 43.0 Å². The molecule has 13 heteroatoms. The Morgan fingerprint density at radius 3 is 2.47 bits per heavy atom. The first-order valence-electron chi connectivity index (χ1n) is 14.9. The second-order valence-corrected chi connectivity index (χ2v) is 11.4. The molecular formula is C32H37F2N9O2. The smallest absolute Gasteiger partial charge is 0.282 e. The van der Waals surface area contributed by atoms with Crippen LogP contribution in [0.5, 0.6) is 0 Å². The van der Waals surface area contributed by atoms with E-state index in [2.05, 4.69) is 26.3 Å². The van der Waals surface area contributed by atoms with Gasteiger partial charge in [-0.2, -0.15) is 5.10 Å². The molecule has 11 nitrogen and oxygen atoms in total. The van der Waals surface area contributed by atoms with E-state index in [1.54, 1.807) is 45.7 Å². The van der Waals surface area contributed by atoms with E-state index in [0.717, 1.165) is 5.56 Å². The number of benzene rings is 1. The fraction of sp³-hybridized carbons (Fsp3) is 0.406. The number of piperazine rings is 1. The van der Waals surface area contributed by atoms with Gasteiger partial charge in [-0.1, -0.05) is 26.7 Å². The van der Waals surface area contributed by atoms with Gasteiger partial charge >= 0.3 is 0 Å². The number of anilines is 2. The van der Waals surface area contributed by atoms with Crippen molar-refractivity contribution in [2.75, 3.05) is 31.5 Å². The summed E-state index contributed by atoms with van der Waals surface area (Å²) in [7, 11) is 0. The van der Waals surface area contributed by atoms with Crippen LogP contribution in [-0.4, -0.2) is 78.0 Å². The molecule has 0 saturated carbocycles. The lowest BCUT2D eigenvalue weighted by molar-refractivity contribution is -0.135. The number of alkyl halides is 2. The first-order valence-corrected chi connectivity index (χ1v) is 14.9. The predicted molar refractivity (Wildman–Crippen MR) is 167 cm³/mol. The van der Waals surface area contributed by atoms with Crippen LogP contribution in [0.15, 0.2) is 43.0 Å². The number of fused-ring (bicyclic) bond motifs is 1. The number of nitrogens with two attached hydrogens (primary N) is 1. The second kappa shape index (κ2) is 13.0. The van der Waals surface area contributed by atoms with Gasteiger partial charge in [-0.3, -0.25) is 18.7 Å². The Morgan fingerprint density at radius 2 is 1.82 bits per heavy atom. The van der Waals surface area contributed by atoms with Crippen molar-refractivity contribution in [2.24, 2.45) is 11.7 Å². The van der Waals surface area contributed by atoms with Crippen LogP contribution in [0.25, 0.3) is 16.9 Å². The van der Waals surface area contributed by atoms with E-state index in [-0.39, 0.29) is 29.0 Å². The second-order valence-electron chi connectivity index (χ2n) is 11.4. The molecule has 1 unspecified atom stereocenters. The highest BCUT2D eigenvalue weighted by atomic mass is 19.3. The number of halogens is 2. The Balaban J connectivity index is 1.35. The lowest BCUT2D eigenvalue weighted by Gasteiger charge is -2.36. The number of carbonyl (C=O) groups is 2. The van der Waals surface area contributed by atoms with Crippen molar-refractivity contribution in [1.82, 2.24) is 33.9 Å². The van der Waals surface area contributed by atoms with E-state index in [1.165, 1.54) is 17.1 Å². The summed E-state index contributed by atoms with van der Waals surface area (Å²) in [4.78, 5) is 38.6. The number of aromatic nitrogens is 5. The predicted octanol–water partition coefficient (Wildman–Crippen LogP) is 4.30. The van der Waals surface area contributed by atoms with Crippen molar-refractivity contribution in [3.63, 3.8) is 0 Å². The Hall–Kier alpha value is -4.83. The Labute approximate surface area is 260 Å². The van der Waals surface area contributed by atoms with Crippen LogP contribution in [0.1, 0.15) is 61.8 Å². The van der Waals surface area contributed by atoms with E-state index in [1.807, 2.05) is 26.8 Å². The molecule has 1 saturated heterocycles.